The van der Waals surface area contributed by atoms with E-state index < -0.39 is 0 Å². The van der Waals surface area contributed by atoms with Gasteiger partial charge in [0.05, 0.1) is 0 Å². The molecule has 0 unspecified atom stereocenters. The van der Waals surface area contributed by atoms with Gasteiger partial charge in [-0.1, -0.05) is 13.8 Å². The minimum Gasteiger partial charge on any atom is -0.184 e. The number of benzene rings is 2. The van der Waals surface area contributed by atoms with Crippen molar-refractivity contribution in [2.24, 2.45) is 0 Å². The van der Waals surface area contributed by atoms with Gasteiger partial charge in [-0.05, 0) is 0 Å². The predicted octanol–water partition coefficient (Wildman–Crippen LogP) is 3.59. The molecule has 0 saturated carbocycles. The summed E-state index contributed by atoms with van der Waals surface area (Å²) in [4.78, 5) is 0. The second-order valence-corrected chi connectivity index (χ2v) is 3.15. The van der Waals surface area contributed by atoms with Crippen molar-refractivity contribution in [1.29, 1.82) is 0 Å². The molecule has 0 aliphatic heterocycles. The van der Waals surface area contributed by atoms with Crippen LogP contribution in [0.1, 0.15) is 11.1 Å². The summed E-state index contributed by atoms with van der Waals surface area (Å²) < 4.78 is 0. The van der Waals surface area contributed by atoms with E-state index in [1.54, 1.807) is 0 Å². The molecule has 72 valence electrons. The maximum Gasteiger partial charge on any atom is 3.00 e. The van der Waals surface area contributed by atoms with Gasteiger partial charge in [0, 0.05) is 0 Å². The van der Waals surface area contributed by atoms with E-state index in [1.165, 1.54) is 11.1 Å². The maximum absolute atomic E-state index is 2.93. The molecule has 1 heteroatoms. The van der Waals surface area contributed by atoms with Crippen LogP contribution < -0.4 is 0 Å². The topological polar surface area (TPSA) is 0 Å². The molecule has 2 aromatic rings. The van der Waals surface area contributed by atoms with E-state index >= 15 is 0 Å². The summed E-state index contributed by atoms with van der Waals surface area (Å²) in [6.07, 6.45) is 0. The van der Waals surface area contributed by atoms with Crippen LogP contribution in [0.3, 0.4) is 0 Å². The van der Waals surface area contributed by atoms with Crippen molar-refractivity contribution in [1.82, 2.24) is 0 Å². The summed E-state index contributed by atoms with van der Waals surface area (Å²) in [6, 6.07) is 21.6. The average Bonchev–Trinajstić information content (AvgIpc) is 2.21. The third kappa shape index (κ3) is 7.47. The van der Waals surface area contributed by atoms with Gasteiger partial charge in [-0.3, -0.25) is 0 Å². The summed E-state index contributed by atoms with van der Waals surface area (Å²) >= 11 is 0. The van der Waals surface area contributed by atoms with Crippen LogP contribution in [-0.4, -0.2) is 0 Å². The summed E-state index contributed by atoms with van der Waals surface area (Å²) in [5, 5.41) is 0. The molecule has 0 heterocycles. The molecular weight excluding hydrogens is 257 g/mol. The van der Waals surface area contributed by atoms with Gasteiger partial charge in [0.1, 0.15) is 0 Å². The Bertz CT molecular complexity index is 303. The Morgan fingerprint density at radius 2 is 0.933 bits per heavy atom. The molecule has 0 nitrogen and oxygen atoms in total. The van der Waals surface area contributed by atoms with Gasteiger partial charge >= 0.3 is 32.7 Å². The maximum atomic E-state index is 2.93. The van der Waals surface area contributed by atoms with Crippen molar-refractivity contribution in [2.45, 2.75) is 13.8 Å². The number of aryl methyl sites for hydroxylation is 2. The molecule has 0 atom stereocenters. The van der Waals surface area contributed by atoms with Gasteiger partial charge < -0.3 is 0 Å². The van der Waals surface area contributed by atoms with Gasteiger partial charge in [0.15, 0.2) is 0 Å². The quantitative estimate of drug-likeness (QED) is 0.642. The van der Waals surface area contributed by atoms with Gasteiger partial charge in [-0.2, -0.15) is 71.8 Å². The zero-order valence-corrected chi connectivity index (χ0v) is 12.0. The van der Waals surface area contributed by atoms with E-state index in [2.05, 4.69) is 26.0 Å². The SMILES string of the molecule is Cc1cc[c-]cc1.Cc1cc[c-]cc1.[Y+3]. The van der Waals surface area contributed by atoms with Crippen molar-refractivity contribution < 1.29 is 32.7 Å². The molecule has 0 bridgehead atoms. The van der Waals surface area contributed by atoms with Crippen molar-refractivity contribution >= 4 is 0 Å². The molecule has 0 N–H and O–H groups in total. The third-order valence-electron chi connectivity index (χ3n) is 1.77. The summed E-state index contributed by atoms with van der Waals surface area (Å²) in [6.45, 7) is 4.13. The molecular formula is C14H14Y+. The van der Waals surface area contributed by atoms with Gasteiger partial charge in [0.25, 0.3) is 0 Å². The monoisotopic (exact) mass is 271 g/mol. The molecule has 0 aromatic heterocycles. The van der Waals surface area contributed by atoms with Crippen molar-refractivity contribution in [2.75, 3.05) is 0 Å². The van der Waals surface area contributed by atoms with E-state index in [1.807, 2.05) is 48.5 Å². The van der Waals surface area contributed by atoms with Crippen molar-refractivity contribution in [3.05, 3.63) is 71.8 Å². The Labute approximate surface area is 118 Å². The molecule has 2 aromatic carbocycles. The third-order valence-corrected chi connectivity index (χ3v) is 1.77. The predicted molar refractivity (Wildman–Crippen MR) is 60.0 cm³/mol. The van der Waals surface area contributed by atoms with E-state index in [0.29, 0.717) is 0 Å². The number of hydrogen-bond acceptors (Lipinski definition) is 0. The summed E-state index contributed by atoms with van der Waals surface area (Å²) in [7, 11) is 0. The molecule has 0 spiro atoms. The zero-order valence-electron chi connectivity index (χ0n) is 9.20. The molecule has 15 heavy (non-hydrogen) atoms. The van der Waals surface area contributed by atoms with Crippen LogP contribution in [0.2, 0.25) is 0 Å². The van der Waals surface area contributed by atoms with Crippen LogP contribution >= 0.6 is 0 Å². The Morgan fingerprint density at radius 3 is 1.07 bits per heavy atom. The second kappa shape index (κ2) is 8.82. The first-order chi connectivity index (χ1) is 6.79. The van der Waals surface area contributed by atoms with Gasteiger partial charge in [-0.15, -0.1) is 0 Å². The smallest absolute Gasteiger partial charge is 0.184 e. The molecule has 2 rings (SSSR count). The van der Waals surface area contributed by atoms with Crippen LogP contribution in [-0.2, 0) is 32.7 Å². The first-order valence-electron chi connectivity index (χ1n) is 4.64. The van der Waals surface area contributed by atoms with Crippen LogP contribution in [0.25, 0.3) is 0 Å². The van der Waals surface area contributed by atoms with Crippen LogP contribution in [0, 0.1) is 26.0 Å². The first kappa shape index (κ1) is 14.5. The largest absolute Gasteiger partial charge is 3.00 e. The Morgan fingerprint density at radius 1 is 0.667 bits per heavy atom. The molecule has 0 amide bonds. The molecule has 0 aliphatic rings. The Hall–Kier alpha value is -0.456. The fourth-order valence-corrected chi connectivity index (χ4v) is 0.940. The van der Waals surface area contributed by atoms with E-state index in [-0.39, 0.29) is 32.7 Å². The number of hydrogen-bond donors (Lipinski definition) is 0. The van der Waals surface area contributed by atoms with E-state index in [9.17, 15) is 0 Å². The fourth-order valence-electron chi connectivity index (χ4n) is 0.940. The number of rotatable bonds is 0. The van der Waals surface area contributed by atoms with E-state index in [0.717, 1.165) is 0 Å². The minimum atomic E-state index is 0. The zero-order chi connectivity index (χ0) is 10.2. The minimum absolute atomic E-state index is 0. The normalized spacial score (nSPS) is 8.13. The molecule has 0 radical (unpaired) electrons. The molecule has 0 saturated heterocycles. The summed E-state index contributed by atoms with van der Waals surface area (Å²) in [5.41, 5.74) is 2.58. The van der Waals surface area contributed by atoms with Crippen molar-refractivity contribution in [3.8, 4) is 0 Å². The van der Waals surface area contributed by atoms with Crippen LogP contribution in [0.15, 0.2) is 48.5 Å². The standard InChI is InChI=1S/2C7H7.Y/c2*1-7-5-3-2-4-6-7;/h2*3-6H,1H3;/q2*-1;+3. The first-order valence-corrected chi connectivity index (χ1v) is 4.64. The van der Waals surface area contributed by atoms with Crippen LogP contribution in [0.4, 0.5) is 0 Å². The Kier molecular flexibility index (Phi) is 8.55. The van der Waals surface area contributed by atoms with Gasteiger partial charge in [-0.25, -0.2) is 0 Å². The van der Waals surface area contributed by atoms with Gasteiger partial charge in [0.2, 0.25) is 0 Å². The summed E-state index contributed by atoms with van der Waals surface area (Å²) in [5.74, 6) is 0. The van der Waals surface area contributed by atoms with Crippen LogP contribution in [0.5, 0.6) is 0 Å². The average molecular weight is 271 g/mol. The van der Waals surface area contributed by atoms with Crippen molar-refractivity contribution in [3.63, 3.8) is 0 Å². The fraction of sp³-hybridized carbons (Fsp3) is 0.143. The second-order valence-electron chi connectivity index (χ2n) is 3.15. The Balaban J connectivity index is 0.000000245. The molecule has 0 fully saturated rings. The molecule has 0 aliphatic carbocycles. The van der Waals surface area contributed by atoms with E-state index in [4.69, 9.17) is 0 Å².